The molecule has 1 aromatic rings. The molecule has 0 aromatic heterocycles. The number of ether oxygens (including phenoxy) is 1. The molecule has 0 aliphatic carbocycles. The van der Waals surface area contributed by atoms with Gasteiger partial charge in [0.15, 0.2) is 0 Å². The molecule has 100 valence electrons. The van der Waals surface area contributed by atoms with Crippen molar-refractivity contribution in [3.05, 3.63) is 35.4 Å². The van der Waals surface area contributed by atoms with Gasteiger partial charge in [-0.2, -0.15) is 0 Å². The molecule has 0 bridgehead atoms. The highest BCUT2D eigenvalue weighted by Crippen LogP contribution is 2.16. The second-order valence-corrected chi connectivity index (χ2v) is 4.73. The molecule has 4 heteroatoms. The van der Waals surface area contributed by atoms with Gasteiger partial charge in [0.2, 0.25) is 0 Å². The molecule has 1 atom stereocenters. The average Bonchev–Trinajstić information content (AvgIpc) is 2.67. The van der Waals surface area contributed by atoms with E-state index in [-0.39, 0.29) is 0 Å². The standard InChI is InChI=1S/C14H22N2O2/c15-10-12-2-4-13(5-3-12)14(17)11-16-6-1-8-18-9-7-16/h2-5,14,17H,1,6-11,15H2. The number of aliphatic hydroxyl groups is 1. The van der Waals surface area contributed by atoms with Crippen molar-refractivity contribution < 1.29 is 9.84 Å². The first-order valence-electron chi connectivity index (χ1n) is 6.56. The Balaban J connectivity index is 1.90. The van der Waals surface area contributed by atoms with Gasteiger partial charge in [-0.15, -0.1) is 0 Å². The van der Waals surface area contributed by atoms with Crippen LogP contribution in [0.25, 0.3) is 0 Å². The number of β-amino-alcohol motifs (C(OH)–C–C–N with tert-alkyl or cyclic N) is 1. The molecule has 1 aliphatic heterocycles. The maximum absolute atomic E-state index is 10.2. The highest BCUT2D eigenvalue weighted by molar-refractivity contribution is 5.24. The Kier molecular flexibility index (Phi) is 5.13. The predicted molar refractivity (Wildman–Crippen MR) is 71.2 cm³/mol. The van der Waals surface area contributed by atoms with E-state index in [4.69, 9.17) is 10.5 Å². The molecule has 0 spiro atoms. The Hall–Kier alpha value is -0.940. The summed E-state index contributed by atoms with van der Waals surface area (Å²) in [6.45, 7) is 4.71. The maximum Gasteiger partial charge on any atom is 0.0916 e. The van der Waals surface area contributed by atoms with Gasteiger partial charge in [-0.25, -0.2) is 0 Å². The quantitative estimate of drug-likeness (QED) is 0.833. The van der Waals surface area contributed by atoms with Gasteiger partial charge in [0.1, 0.15) is 0 Å². The fourth-order valence-corrected chi connectivity index (χ4v) is 2.21. The molecule has 0 amide bonds. The van der Waals surface area contributed by atoms with Crippen molar-refractivity contribution in [1.82, 2.24) is 4.90 Å². The maximum atomic E-state index is 10.2. The van der Waals surface area contributed by atoms with Gasteiger partial charge in [0.25, 0.3) is 0 Å². The summed E-state index contributed by atoms with van der Waals surface area (Å²) in [5, 5.41) is 10.2. The lowest BCUT2D eigenvalue weighted by Crippen LogP contribution is -2.31. The third kappa shape index (κ3) is 3.78. The zero-order chi connectivity index (χ0) is 12.8. The van der Waals surface area contributed by atoms with Gasteiger partial charge in [-0.1, -0.05) is 24.3 Å². The lowest BCUT2D eigenvalue weighted by molar-refractivity contribution is 0.103. The first kappa shape index (κ1) is 13.5. The number of nitrogens with zero attached hydrogens (tertiary/aromatic N) is 1. The molecule has 1 saturated heterocycles. The van der Waals surface area contributed by atoms with E-state index in [2.05, 4.69) is 4.90 Å². The van der Waals surface area contributed by atoms with E-state index in [0.29, 0.717) is 13.1 Å². The second kappa shape index (κ2) is 6.85. The van der Waals surface area contributed by atoms with Crippen LogP contribution in [0, 0.1) is 0 Å². The zero-order valence-electron chi connectivity index (χ0n) is 10.7. The van der Waals surface area contributed by atoms with E-state index in [9.17, 15) is 5.11 Å². The topological polar surface area (TPSA) is 58.7 Å². The van der Waals surface area contributed by atoms with Gasteiger partial charge >= 0.3 is 0 Å². The summed E-state index contributed by atoms with van der Waals surface area (Å²) >= 11 is 0. The second-order valence-electron chi connectivity index (χ2n) is 4.73. The first-order valence-corrected chi connectivity index (χ1v) is 6.56. The predicted octanol–water partition coefficient (Wildman–Crippen LogP) is 0.901. The van der Waals surface area contributed by atoms with Crippen molar-refractivity contribution in [2.24, 2.45) is 5.73 Å². The van der Waals surface area contributed by atoms with Crippen LogP contribution in [0.2, 0.25) is 0 Å². The van der Waals surface area contributed by atoms with E-state index >= 15 is 0 Å². The monoisotopic (exact) mass is 250 g/mol. The largest absolute Gasteiger partial charge is 0.387 e. The third-order valence-electron chi connectivity index (χ3n) is 3.35. The van der Waals surface area contributed by atoms with Gasteiger partial charge in [0.05, 0.1) is 12.7 Å². The van der Waals surface area contributed by atoms with Crippen LogP contribution >= 0.6 is 0 Å². The van der Waals surface area contributed by atoms with Crippen molar-refractivity contribution in [2.75, 3.05) is 32.8 Å². The molecule has 1 fully saturated rings. The van der Waals surface area contributed by atoms with Crippen LogP contribution in [-0.4, -0.2) is 42.9 Å². The molecule has 18 heavy (non-hydrogen) atoms. The van der Waals surface area contributed by atoms with Gasteiger partial charge < -0.3 is 15.6 Å². The van der Waals surface area contributed by atoms with E-state index in [0.717, 1.165) is 43.9 Å². The molecule has 1 aliphatic rings. The molecule has 1 aromatic carbocycles. The van der Waals surface area contributed by atoms with E-state index in [1.54, 1.807) is 0 Å². The van der Waals surface area contributed by atoms with Crippen LogP contribution in [0.4, 0.5) is 0 Å². The highest BCUT2D eigenvalue weighted by Gasteiger charge is 2.15. The van der Waals surface area contributed by atoms with Crippen LogP contribution in [-0.2, 0) is 11.3 Å². The van der Waals surface area contributed by atoms with Gasteiger partial charge in [0, 0.05) is 32.8 Å². The molecule has 1 unspecified atom stereocenters. The summed E-state index contributed by atoms with van der Waals surface area (Å²) in [4.78, 5) is 2.26. The molecule has 1 heterocycles. The minimum atomic E-state index is -0.435. The molecule has 4 nitrogen and oxygen atoms in total. The summed E-state index contributed by atoms with van der Waals surface area (Å²) < 4.78 is 5.41. The van der Waals surface area contributed by atoms with Crippen LogP contribution in [0.1, 0.15) is 23.7 Å². The number of hydrogen-bond donors (Lipinski definition) is 2. The van der Waals surface area contributed by atoms with Crippen molar-refractivity contribution in [2.45, 2.75) is 19.1 Å². The lowest BCUT2D eigenvalue weighted by atomic mass is 10.1. The molecule has 2 rings (SSSR count). The van der Waals surface area contributed by atoms with Crippen LogP contribution in [0.15, 0.2) is 24.3 Å². The summed E-state index contributed by atoms with van der Waals surface area (Å²) in [6, 6.07) is 7.87. The fourth-order valence-electron chi connectivity index (χ4n) is 2.21. The Morgan fingerprint density at radius 1 is 1.22 bits per heavy atom. The van der Waals surface area contributed by atoms with Gasteiger partial charge in [-0.3, -0.25) is 4.90 Å². The summed E-state index contributed by atoms with van der Waals surface area (Å²) in [5.74, 6) is 0. The Morgan fingerprint density at radius 2 is 2.00 bits per heavy atom. The van der Waals surface area contributed by atoms with Crippen molar-refractivity contribution in [3.63, 3.8) is 0 Å². The van der Waals surface area contributed by atoms with E-state index in [1.165, 1.54) is 0 Å². The smallest absolute Gasteiger partial charge is 0.0916 e. The normalized spacial score (nSPS) is 19.4. The zero-order valence-corrected chi connectivity index (χ0v) is 10.7. The van der Waals surface area contributed by atoms with E-state index in [1.807, 2.05) is 24.3 Å². The van der Waals surface area contributed by atoms with Crippen LogP contribution < -0.4 is 5.73 Å². The molecular formula is C14H22N2O2. The fraction of sp³-hybridized carbons (Fsp3) is 0.571. The molecule has 0 saturated carbocycles. The van der Waals surface area contributed by atoms with Crippen LogP contribution in [0.5, 0.6) is 0 Å². The minimum absolute atomic E-state index is 0.435. The van der Waals surface area contributed by atoms with E-state index < -0.39 is 6.10 Å². The Labute approximate surface area is 108 Å². The minimum Gasteiger partial charge on any atom is -0.387 e. The first-order chi connectivity index (χ1) is 8.79. The number of nitrogens with two attached hydrogens (primary N) is 1. The van der Waals surface area contributed by atoms with Crippen molar-refractivity contribution in [1.29, 1.82) is 0 Å². The molecular weight excluding hydrogens is 228 g/mol. The van der Waals surface area contributed by atoms with Crippen molar-refractivity contribution in [3.8, 4) is 0 Å². The number of rotatable bonds is 4. The summed E-state index contributed by atoms with van der Waals surface area (Å²) in [7, 11) is 0. The SMILES string of the molecule is NCc1ccc(C(O)CN2CCCOCC2)cc1. The molecule has 0 radical (unpaired) electrons. The van der Waals surface area contributed by atoms with Crippen LogP contribution in [0.3, 0.4) is 0 Å². The summed E-state index contributed by atoms with van der Waals surface area (Å²) in [6.07, 6.45) is 0.605. The van der Waals surface area contributed by atoms with Gasteiger partial charge in [-0.05, 0) is 17.5 Å². The van der Waals surface area contributed by atoms with Crippen molar-refractivity contribution >= 4 is 0 Å². The Morgan fingerprint density at radius 3 is 2.72 bits per heavy atom. The average molecular weight is 250 g/mol. The number of benzene rings is 1. The molecule has 3 N–H and O–H groups in total. The summed E-state index contributed by atoms with van der Waals surface area (Å²) in [5.41, 5.74) is 7.61. The Bertz CT molecular complexity index is 345. The number of aliphatic hydroxyl groups excluding tert-OH is 1. The highest BCUT2D eigenvalue weighted by atomic mass is 16.5. The third-order valence-corrected chi connectivity index (χ3v) is 3.35. The lowest BCUT2D eigenvalue weighted by Gasteiger charge is -2.22. The number of hydrogen-bond acceptors (Lipinski definition) is 4.